The molecule has 0 spiro atoms. The Morgan fingerprint density at radius 1 is 1.27 bits per heavy atom. The fraction of sp³-hybridized carbons (Fsp3) is 0.526. The topological polar surface area (TPSA) is 83.9 Å². The summed E-state index contributed by atoms with van der Waals surface area (Å²) in [5, 5.41) is 9.68. The number of aliphatic carboxylic acids is 1. The number of carboxylic acid groups (broad SMARTS) is 1. The number of nitrogens with zero attached hydrogens (tertiary/aromatic N) is 1. The molecule has 1 N–H and O–H groups in total. The second-order valence-electron chi connectivity index (χ2n) is 7.29. The lowest BCUT2D eigenvalue weighted by molar-refractivity contribution is -0.155. The number of thioether (sulfide) groups is 1. The van der Waals surface area contributed by atoms with Crippen molar-refractivity contribution < 1.29 is 24.2 Å². The Morgan fingerprint density at radius 2 is 1.88 bits per heavy atom. The number of rotatable bonds is 5. The first-order valence-electron chi connectivity index (χ1n) is 8.59. The lowest BCUT2D eigenvalue weighted by Crippen LogP contribution is -2.59. The number of benzene rings is 1. The number of hydrogen-bond donors (Lipinski definition) is 1. The molecule has 0 saturated carbocycles. The molecule has 1 heterocycles. The van der Waals surface area contributed by atoms with Gasteiger partial charge in [0.05, 0.1) is 0 Å². The van der Waals surface area contributed by atoms with E-state index in [-0.39, 0.29) is 24.6 Å². The molecule has 2 rings (SSSR count). The molecule has 1 fully saturated rings. The van der Waals surface area contributed by atoms with Crippen LogP contribution in [-0.2, 0) is 14.3 Å². The number of ketones is 1. The third-order valence-corrected chi connectivity index (χ3v) is 5.36. The number of likely N-dealkylation sites (tertiary alicyclic amines) is 1. The summed E-state index contributed by atoms with van der Waals surface area (Å²) in [6, 6.07) is 9.53. The number of amides is 1. The summed E-state index contributed by atoms with van der Waals surface area (Å²) in [5.41, 5.74) is -2.65. The summed E-state index contributed by atoms with van der Waals surface area (Å²) in [6.45, 7) is 6.88. The first-order valence-corrected chi connectivity index (χ1v) is 9.47. The van der Waals surface area contributed by atoms with Gasteiger partial charge < -0.3 is 9.84 Å². The molecule has 0 bridgehead atoms. The Morgan fingerprint density at radius 3 is 2.38 bits per heavy atom. The van der Waals surface area contributed by atoms with E-state index in [2.05, 4.69) is 0 Å². The minimum absolute atomic E-state index is 0.0360. The van der Waals surface area contributed by atoms with Crippen molar-refractivity contribution in [1.82, 2.24) is 4.90 Å². The summed E-state index contributed by atoms with van der Waals surface area (Å²) in [4.78, 5) is 39.5. The molecule has 142 valence electrons. The van der Waals surface area contributed by atoms with Gasteiger partial charge >= 0.3 is 12.1 Å². The predicted octanol–water partition coefficient (Wildman–Crippen LogP) is 3.59. The molecule has 0 aliphatic carbocycles. The largest absolute Gasteiger partial charge is 0.479 e. The van der Waals surface area contributed by atoms with Crippen LogP contribution >= 0.6 is 11.8 Å². The van der Waals surface area contributed by atoms with Crippen molar-refractivity contribution in [3.05, 3.63) is 30.3 Å². The van der Waals surface area contributed by atoms with Gasteiger partial charge in [0.15, 0.2) is 5.78 Å². The van der Waals surface area contributed by atoms with E-state index in [4.69, 9.17) is 4.74 Å². The number of carbonyl (C=O) groups is 3. The summed E-state index contributed by atoms with van der Waals surface area (Å²) in [5.74, 6) is -1.78. The van der Waals surface area contributed by atoms with Crippen LogP contribution < -0.4 is 0 Å². The van der Waals surface area contributed by atoms with Gasteiger partial charge in [-0.1, -0.05) is 25.1 Å². The van der Waals surface area contributed by atoms with Gasteiger partial charge in [0.25, 0.3) is 0 Å². The maximum absolute atomic E-state index is 12.7. The standard InChI is InChI=1S/C19H25NO5S/c1-5-15(21)19(16(22)23)11-14(26-13-9-7-6-8-10-13)12-20(19)17(24)25-18(2,3)4/h6-10,14H,5,11-12H2,1-4H3,(H,22,23)/t14-,19-/m0/s1. The lowest BCUT2D eigenvalue weighted by Gasteiger charge is -2.34. The summed E-state index contributed by atoms with van der Waals surface area (Å²) in [6.07, 6.45) is -0.667. The number of Topliss-reactive ketones (excluding diaryl/α,β-unsaturated/α-hetero) is 1. The molecule has 6 nitrogen and oxygen atoms in total. The minimum atomic E-state index is -1.87. The van der Waals surface area contributed by atoms with Gasteiger partial charge in [-0.15, -0.1) is 11.8 Å². The van der Waals surface area contributed by atoms with E-state index in [1.165, 1.54) is 11.8 Å². The molecular weight excluding hydrogens is 354 g/mol. The Bertz CT molecular complexity index is 685. The molecule has 1 aliphatic heterocycles. The molecule has 1 aromatic carbocycles. The molecule has 1 aliphatic rings. The van der Waals surface area contributed by atoms with Crippen LogP contribution in [0.3, 0.4) is 0 Å². The van der Waals surface area contributed by atoms with Crippen LogP contribution in [0.5, 0.6) is 0 Å². The molecule has 0 radical (unpaired) electrons. The molecule has 0 aromatic heterocycles. The van der Waals surface area contributed by atoms with E-state index < -0.39 is 29.0 Å². The molecular formula is C19H25NO5S. The van der Waals surface area contributed by atoms with E-state index in [1.54, 1.807) is 27.7 Å². The highest BCUT2D eigenvalue weighted by Crippen LogP contribution is 2.40. The van der Waals surface area contributed by atoms with Crippen LogP contribution in [0, 0.1) is 0 Å². The van der Waals surface area contributed by atoms with Crippen LogP contribution in [0.2, 0.25) is 0 Å². The normalized spacial score (nSPS) is 22.9. The van der Waals surface area contributed by atoms with Crippen molar-refractivity contribution in [2.24, 2.45) is 0 Å². The molecule has 2 atom stereocenters. The van der Waals surface area contributed by atoms with E-state index in [9.17, 15) is 19.5 Å². The highest BCUT2D eigenvalue weighted by atomic mass is 32.2. The molecule has 7 heteroatoms. The second kappa shape index (κ2) is 7.70. The lowest BCUT2D eigenvalue weighted by atomic mass is 9.89. The Kier molecular flexibility index (Phi) is 6.01. The highest BCUT2D eigenvalue weighted by Gasteiger charge is 2.59. The van der Waals surface area contributed by atoms with Crippen LogP contribution in [-0.4, -0.2) is 50.8 Å². The SMILES string of the molecule is CCC(=O)[C@]1(C(=O)O)C[C@H](Sc2ccccc2)CN1C(=O)OC(C)(C)C. The van der Waals surface area contributed by atoms with Gasteiger partial charge in [0.2, 0.25) is 5.54 Å². The van der Waals surface area contributed by atoms with Crippen molar-refractivity contribution in [2.75, 3.05) is 6.54 Å². The number of carbonyl (C=O) groups excluding carboxylic acids is 2. The Hall–Kier alpha value is -2.02. The molecule has 1 aromatic rings. The third-order valence-electron chi connectivity index (χ3n) is 4.17. The molecule has 1 saturated heterocycles. The van der Waals surface area contributed by atoms with Crippen molar-refractivity contribution in [3.8, 4) is 0 Å². The number of hydrogen-bond acceptors (Lipinski definition) is 5. The summed E-state index contributed by atoms with van der Waals surface area (Å²) in [7, 11) is 0. The smallest absolute Gasteiger partial charge is 0.411 e. The molecule has 0 unspecified atom stereocenters. The van der Waals surface area contributed by atoms with Gasteiger partial charge in [-0.05, 0) is 32.9 Å². The van der Waals surface area contributed by atoms with E-state index >= 15 is 0 Å². The van der Waals surface area contributed by atoms with E-state index in [0.717, 1.165) is 9.80 Å². The van der Waals surface area contributed by atoms with Gasteiger partial charge in [-0.25, -0.2) is 9.59 Å². The highest BCUT2D eigenvalue weighted by molar-refractivity contribution is 8.00. The van der Waals surface area contributed by atoms with Gasteiger partial charge in [0.1, 0.15) is 5.60 Å². The Balaban J connectivity index is 2.35. The molecule has 1 amide bonds. The van der Waals surface area contributed by atoms with Crippen LogP contribution in [0.1, 0.15) is 40.5 Å². The van der Waals surface area contributed by atoms with Gasteiger partial charge in [-0.3, -0.25) is 9.69 Å². The monoisotopic (exact) mass is 379 g/mol. The average molecular weight is 379 g/mol. The zero-order valence-electron chi connectivity index (χ0n) is 15.5. The number of carboxylic acids is 1. The fourth-order valence-electron chi connectivity index (χ4n) is 3.06. The Labute approximate surface area is 157 Å². The quantitative estimate of drug-likeness (QED) is 0.787. The van der Waals surface area contributed by atoms with Crippen LogP contribution in [0.15, 0.2) is 35.2 Å². The van der Waals surface area contributed by atoms with Crippen LogP contribution in [0.25, 0.3) is 0 Å². The van der Waals surface area contributed by atoms with Crippen molar-refractivity contribution in [3.63, 3.8) is 0 Å². The van der Waals surface area contributed by atoms with Crippen molar-refractivity contribution in [2.45, 2.75) is 61.8 Å². The fourth-order valence-corrected chi connectivity index (χ4v) is 4.31. The minimum Gasteiger partial charge on any atom is -0.479 e. The first kappa shape index (κ1) is 20.3. The third kappa shape index (κ3) is 4.20. The van der Waals surface area contributed by atoms with E-state index in [0.29, 0.717) is 0 Å². The van der Waals surface area contributed by atoms with Crippen molar-refractivity contribution in [1.29, 1.82) is 0 Å². The van der Waals surface area contributed by atoms with Gasteiger partial charge in [-0.2, -0.15) is 0 Å². The van der Waals surface area contributed by atoms with Gasteiger partial charge in [0, 0.05) is 29.5 Å². The average Bonchev–Trinajstić information content (AvgIpc) is 2.94. The van der Waals surface area contributed by atoms with Crippen molar-refractivity contribution >= 4 is 29.6 Å². The maximum atomic E-state index is 12.7. The van der Waals surface area contributed by atoms with Crippen LogP contribution in [0.4, 0.5) is 4.79 Å². The zero-order chi connectivity index (χ0) is 19.5. The first-order chi connectivity index (χ1) is 12.1. The summed E-state index contributed by atoms with van der Waals surface area (Å²) >= 11 is 1.47. The second-order valence-corrected chi connectivity index (χ2v) is 8.66. The maximum Gasteiger partial charge on any atom is 0.411 e. The zero-order valence-corrected chi connectivity index (χ0v) is 16.3. The number of ether oxygens (including phenoxy) is 1. The molecule has 26 heavy (non-hydrogen) atoms. The predicted molar refractivity (Wildman–Crippen MR) is 99.3 cm³/mol. The summed E-state index contributed by atoms with van der Waals surface area (Å²) < 4.78 is 5.38. The van der Waals surface area contributed by atoms with E-state index in [1.807, 2.05) is 30.3 Å².